The molecule has 0 bridgehead atoms. The van der Waals surface area contributed by atoms with Gasteiger partial charge in [0, 0.05) is 20.1 Å². The van der Waals surface area contributed by atoms with Crippen LogP contribution in [0.5, 0.6) is 0 Å². The number of nitrogens with one attached hydrogen (secondary N) is 2. The van der Waals surface area contributed by atoms with Crippen LogP contribution in [0.15, 0.2) is 53.4 Å². The number of benzene rings is 2. The summed E-state index contributed by atoms with van der Waals surface area (Å²) in [7, 11) is -6.10. The molecule has 1 amide bonds. The van der Waals surface area contributed by atoms with Gasteiger partial charge in [-0.2, -0.15) is 4.31 Å². The Hall–Kier alpha value is -2.27. The van der Waals surface area contributed by atoms with Gasteiger partial charge in [-0.25, -0.2) is 21.6 Å². The first kappa shape index (κ1) is 24.0. The Kier molecular flexibility index (Phi) is 8.13. The van der Waals surface area contributed by atoms with Crippen molar-refractivity contribution in [1.82, 2.24) is 14.3 Å². The molecule has 0 aromatic heterocycles. The van der Waals surface area contributed by atoms with Gasteiger partial charge in [-0.05, 0) is 42.7 Å². The average molecular weight is 454 g/mol. The van der Waals surface area contributed by atoms with Crippen molar-refractivity contribution in [3.8, 4) is 0 Å². The molecule has 2 rings (SSSR count). The smallest absolute Gasteiger partial charge is 0.243 e. The molecule has 0 saturated heterocycles. The van der Waals surface area contributed by atoms with E-state index in [4.69, 9.17) is 0 Å². The van der Waals surface area contributed by atoms with Crippen molar-refractivity contribution in [2.45, 2.75) is 25.3 Å². The third-order valence-corrected chi connectivity index (χ3v) is 7.71. The summed E-state index contributed by atoms with van der Waals surface area (Å²) >= 11 is 0. The number of rotatable bonds is 10. The van der Waals surface area contributed by atoms with Gasteiger partial charge < -0.3 is 5.32 Å². The maximum absolute atomic E-state index is 12.6. The largest absolute Gasteiger partial charge is 0.354 e. The van der Waals surface area contributed by atoms with Crippen LogP contribution in [0.4, 0.5) is 0 Å². The highest BCUT2D eigenvalue weighted by atomic mass is 32.2. The second kappa shape index (κ2) is 10.2. The molecule has 2 N–H and O–H groups in total. The molecule has 2 aromatic carbocycles. The zero-order chi connectivity index (χ0) is 22.4. The van der Waals surface area contributed by atoms with Gasteiger partial charge in [0.05, 0.1) is 17.2 Å². The molecule has 8 nitrogen and oxygen atoms in total. The van der Waals surface area contributed by atoms with E-state index in [0.29, 0.717) is 0 Å². The van der Waals surface area contributed by atoms with E-state index in [2.05, 4.69) is 10.0 Å². The van der Waals surface area contributed by atoms with E-state index >= 15 is 0 Å². The van der Waals surface area contributed by atoms with Crippen molar-refractivity contribution in [2.24, 2.45) is 0 Å². The SMILES string of the molecule is Cc1ccc(S(=O)(=O)N(C)CC(=O)NCCS(=O)(=O)NCc2ccccc2)cc1C. The topological polar surface area (TPSA) is 113 Å². The molecule has 10 heteroatoms. The second-order valence-corrected chi connectivity index (χ2v) is 11.0. The van der Waals surface area contributed by atoms with Gasteiger partial charge in [-0.1, -0.05) is 36.4 Å². The van der Waals surface area contributed by atoms with Crippen LogP contribution in [0.3, 0.4) is 0 Å². The fourth-order valence-corrected chi connectivity index (χ4v) is 4.70. The number of carbonyl (C=O) groups is 1. The average Bonchev–Trinajstić information content (AvgIpc) is 2.69. The Morgan fingerprint density at radius 1 is 0.967 bits per heavy atom. The zero-order valence-corrected chi connectivity index (χ0v) is 18.9. The molecule has 0 heterocycles. The van der Waals surface area contributed by atoms with Gasteiger partial charge in [0.15, 0.2) is 0 Å². The van der Waals surface area contributed by atoms with Crippen LogP contribution in [0.25, 0.3) is 0 Å². The Morgan fingerprint density at radius 3 is 2.27 bits per heavy atom. The van der Waals surface area contributed by atoms with Crippen LogP contribution in [0.1, 0.15) is 16.7 Å². The maximum Gasteiger partial charge on any atom is 0.243 e. The molecule has 2 aromatic rings. The van der Waals surface area contributed by atoms with Gasteiger partial charge in [0.2, 0.25) is 26.0 Å². The van der Waals surface area contributed by atoms with E-state index in [1.54, 1.807) is 24.3 Å². The van der Waals surface area contributed by atoms with Gasteiger partial charge >= 0.3 is 0 Å². The van der Waals surface area contributed by atoms with Crippen molar-refractivity contribution in [3.05, 3.63) is 65.2 Å². The van der Waals surface area contributed by atoms with E-state index < -0.39 is 32.5 Å². The summed E-state index contributed by atoms with van der Waals surface area (Å²) in [4.78, 5) is 12.2. The van der Waals surface area contributed by atoms with Crippen LogP contribution in [0.2, 0.25) is 0 Å². The van der Waals surface area contributed by atoms with E-state index in [-0.39, 0.29) is 23.7 Å². The highest BCUT2D eigenvalue weighted by Gasteiger charge is 2.23. The third-order valence-electron chi connectivity index (χ3n) is 4.58. The molecule has 0 aliphatic heterocycles. The highest BCUT2D eigenvalue weighted by molar-refractivity contribution is 7.89. The van der Waals surface area contributed by atoms with E-state index in [9.17, 15) is 21.6 Å². The molecule has 0 fully saturated rings. The lowest BCUT2D eigenvalue weighted by Gasteiger charge is -2.17. The highest BCUT2D eigenvalue weighted by Crippen LogP contribution is 2.17. The molecule has 30 heavy (non-hydrogen) atoms. The molecule has 0 saturated carbocycles. The Morgan fingerprint density at radius 2 is 1.63 bits per heavy atom. The lowest BCUT2D eigenvalue weighted by Crippen LogP contribution is -2.40. The molecule has 0 spiro atoms. The fourth-order valence-electron chi connectivity index (χ4n) is 2.58. The number of hydrogen-bond acceptors (Lipinski definition) is 5. The van der Waals surface area contributed by atoms with E-state index in [1.807, 2.05) is 32.0 Å². The molecular weight excluding hydrogens is 426 g/mol. The Labute approximate surface area is 178 Å². The number of aryl methyl sites for hydroxylation is 2. The number of carbonyl (C=O) groups excluding carboxylic acids is 1. The number of likely N-dealkylation sites (N-methyl/N-ethyl adjacent to an activating group) is 1. The fraction of sp³-hybridized carbons (Fsp3) is 0.350. The monoisotopic (exact) mass is 453 g/mol. The molecule has 0 aliphatic carbocycles. The minimum atomic E-state index is -3.82. The van der Waals surface area contributed by atoms with E-state index in [0.717, 1.165) is 21.0 Å². The number of nitrogens with zero attached hydrogens (tertiary/aromatic N) is 1. The Balaban J connectivity index is 1.83. The number of sulfonamides is 2. The quantitative estimate of drug-likeness (QED) is 0.561. The minimum Gasteiger partial charge on any atom is -0.354 e. The summed E-state index contributed by atoms with van der Waals surface area (Å²) < 4.78 is 52.7. The lowest BCUT2D eigenvalue weighted by atomic mass is 10.1. The standard InChI is InChI=1S/C20H27N3O5S2/c1-16-9-10-19(13-17(16)2)30(27,28)23(3)15-20(24)21-11-12-29(25,26)22-14-18-7-5-4-6-8-18/h4-10,13,22H,11-12,14-15H2,1-3H3,(H,21,24). The predicted molar refractivity (Wildman–Crippen MR) is 116 cm³/mol. The summed E-state index contributed by atoms with van der Waals surface area (Å²) in [5.74, 6) is -0.887. The van der Waals surface area contributed by atoms with Gasteiger partial charge in [-0.3, -0.25) is 4.79 Å². The molecule has 0 aliphatic rings. The van der Waals surface area contributed by atoms with Crippen LogP contribution in [0, 0.1) is 13.8 Å². The third kappa shape index (κ3) is 6.91. The molecule has 0 atom stereocenters. The van der Waals surface area contributed by atoms with Crippen LogP contribution in [-0.2, 0) is 31.4 Å². The summed E-state index contributed by atoms with van der Waals surface area (Å²) in [6.45, 7) is 3.32. The molecule has 0 radical (unpaired) electrons. The van der Waals surface area contributed by atoms with Crippen LogP contribution < -0.4 is 10.0 Å². The number of amides is 1. The van der Waals surface area contributed by atoms with E-state index in [1.165, 1.54) is 13.1 Å². The summed E-state index contributed by atoms with van der Waals surface area (Å²) in [5, 5.41) is 2.45. The summed E-state index contributed by atoms with van der Waals surface area (Å²) in [6.07, 6.45) is 0. The van der Waals surface area contributed by atoms with Gasteiger partial charge in [0.1, 0.15) is 0 Å². The molecule has 164 valence electrons. The predicted octanol–water partition coefficient (Wildman–Crippen LogP) is 1.16. The first-order chi connectivity index (χ1) is 14.0. The van der Waals surface area contributed by atoms with Crippen molar-refractivity contribution in [1.29, 1.82) is 0 Å². The van der Waals surface area contributed by atoms with Crippen molar-refractivity contribution < 1.29 is 21.6 Å². The Bertz CT molecular complexity index is 1080. The second-order valence-electron chi connectivity index (χ2n) is 6.98. The molecular formula is C20H27N3O5S2. The van der Waals surface area contributed by atoms with Gasteiger partial charge in [0.25, 0.3) is 0 Å². The first-order valence-corrected chi connectivity index (χ1v) is 12.4. The van der Waals surface area contributed by atoms with Crippen LogP contribution in [-0.4, -0.2) is 52.9 Å². The molecule has 0 unspecified atom stereocenters. The maximum atomic E-state index is 12.6. The van der Waals surface area contributed by atoms with Crippen molar-refractivity contribution >= 4 is 26.0 Å². The minimum absolute atomic E-state index is 0.105. The summed E-state index contributed by atoms with van der Waals surface area (Å²) in [5.41, 5.74) is 2.63. The normalized spacial score (nSPS) is 12.1. The van der Waals surface area contributed by atoms with Crippen molar-refractivity contribution in [3.63, 3.8) is 0 Å². The zero-order valence-electron chi connectivity index (χ0n) is 17.3. The lowest BCUT2D eigenvalue weighted by molar-refractivity contribution is -0.121. The van der Waals surface area contributed by atoms with Crippen molar-refractivity contribution in [2.75, 3.05) is 25.9 Å². The number of hydrogen-bond donors (Lipinski definition) is 2. The summed E-state index contributed by atoms with van der Waals surface area (Å²) in [6, 6.07) is 13.8. The van der Waals surface area contributed by atoms with Crippen LogP contribution >= 0.6 is 0 Å². The first-order valence-electron chi connectivity index (χ1n) is 9.33. The van der Waals surface area contributed by atoms with Gasteiger partial charge in [-0.15, -0.1) is 0 Å².